The van der Waals surface area contributed by atoms with Gasteiger partial charge < -0.3 is 16.2 Å². The first-order valence-corrected chi connectivity index (χ1v) is 5.03. The molecule has 1 heterocycles. The molecule has 0 radical (unpaired) electrons. The molecule has 0 bridgehead atoms. The average Bonchev–Trinajstić information content (AvgIpc) is 2.12. The molecule has 0 aliphatic carbocycles. The van der Waals surface area contributed by atoms with E-state index in [0.29, 0.717) is 5.69 Å². The number of hydrogen-bond acceptors (Lipinski definition) is 4. The molecule has 0 amide bonds. The van der Waals surface area contributed by atoms with Gasteiger partial charge in [-0.3, -0.25) is 4.98 Å². The van der Waals surface area contributed by atoms with Crippen molar-refractivity contribution in [3.05, 3.63) is 16.9 Å². The first-order chi connectivity index (χ1) is 6.46. The number of aliphatic hydroxyl groups is 1. The molecule has 4 nitrogen and oxygen atoms in total. The lowest BCUT2D eigenvalue weighted by atomic mass is 10.1. The van der Waals surface area contributed by atoms with Crippen LogP contribution in [0, 0.1) is 0 Å². The first-order valence-electron chi connectivity index (χ1n) is 4.24. The molecule has 78 valence electrons. The van der Waals surface area contributed by atoms with Crippen LogP contribution < -0.4 is 11.1 Å². The van der Waals surface area contributed by atoms with Gasteiger partial charge in [0.1, 0.15) is 0 Å². The van der Waals surface area contributed by atoms with Gasteiger partial charge in [-0.1, -0.05) is 0 Å². The number of aromatic nitrogens is 1. The average molecular weight is 260 g/mol. The second-order valence-electron chi connectivity index (χ2n) is 3.75. The fraction of sp³-hybridized carbons (Fsp3) is 0.444. The zero-order chi connectivity index (χ0) is 10.8. The summed E-state index contributed by atoms with van der Waals surface area (Å²) in [5.41, 5.74) is 6.66. The van der Waals surface area contributed by atoms with Crippen molar-refractivity contribution >= 4 is 27.3 Å². The lowest BCUT2D eigenvalue weighted by Crippen LogP contribution is -2.35. The summed E-state index contributed by atoms with van der Waals surface area (Å²) in [6.45, 7) is 3.81. The standard InChI is InChI=1S/C9H14BrN3O/c1-9(2,5-14)13-8-6(10)3-12-4-7(8)11/h3-4,14H,5,11H2,1-2H3,(H,12,13). The van der Waals surface area contributed by atoms with Crippen molar-refractivity contribution in [3.63, 3.8) is 0 Å². The summed E-state index contributed by atoms with van der Waals surface area (Å²) < 4.78 is 0.791. The van der Waals surface area contributed by atoms with Crippen molar-refractivity contribution in [2.75, 3.05) is 17.7 Å². The Kier molecular flexibility index (Phi) is 3.34. The number of rotatable bonds is 3. The number of halogens is 1. The molecule has 5 heteroatoms. The van der Waals surface area contributed by atoms with Gasteiger partial charge in [-0.15, -0.1) is 0 Å². The highest BCUT2D eigenvalue weighted by molar-refractivity contribution is 9.10. The summed E-state index contributed by atoms with van der Waals surface area (Å²) in [6, 6.07) is 0. The number of nitrogens with zero attached hydrogens (tertiary/aromatic N) is 1. The number of nitrogens with two attached hydrogens (primary N) is 1. The van der Waals surface area contributed by atoms with E-state index >= 15 is 0 Å². The molecule has 1 aromatic heterocycles. The first kappa shape index (κ1) is 11.3. The number of hydrogen-bond donors (Lipinski definition) is 3. The highest BCUT2D eigenvalue weighted by Gasteiger charge is 2.18. The van der Waals surface area contributed by atoms with Gasteiger partial charge in [0.15, 0.2) is 0 Å². The van der Waals surface area contributed by atoms with Crippen molar-refractivity contribution in [3.8, 4) is 0 Å². The van der Waals surface area contributed by atoms with Gasteiger partial charge in [0, 0.05) is 6.20 Å². The van der Waals surface area contributed by atoms with E-state index in [1.807, 2.05) is 13.8 Å². The monoisotopic (exact) mass is 259 g/mol. The second-order valence-corrected chi connectivity index (χ2v) is 4.61. The van der Waals surface area contributed by atoms with Crippen LogP contribution in [0.4, 0.5) is 11.4 Å². The topological polar surface area (TPSA) is 71.2 Å². The van der Waals surface area contributed by atoms with Gasteiger partial charge in [-0.25, -0.2) is 0 Å². The molecular weight excluding hydrogens is 246 g/mol. The van der Waals surface area contributed by atoms with Gasteiger partial charge in [-0.05, 0) is 29.8 Å². The molecule has 14 heavy (non-hydrogen) atoms. The van der Waals surface area contributed by atoms with Crippen LogP contribution in [0.3, 0.4) is 0 Å². The van der Waals surface area contributed by atoms with Crippen molar-refractivity contribution in [1.82, 2.24) is 4.98 Å². The van der Waals surface area contributed by atoms with E-state index in [0.717, 1.165) is 10.2 Å². The fourth-order valence-corrected chi connectivity index (χ4v) is 1.41. The van der Waals surface area contributed by atoms with Gasteiger partial charge >= 0.3 is 0 Å². The second kappa shape index (κ2) is 4.14. The molecule has 0 atom stereocenters. The van der Waals surface area contributed by atoms with E-state index in [9.17, 15) is 0 Å². The normalized spacial score (nSPS) is 11.4. The van der Waals surface area contributed by atoms with Crippen molar-refractivity contribution in [2.45, 2.75) is 19.4 Å². The number of aliphatic hydroxyl groups excluding tert-OH is 1. The summed E-state index contributed by atoms with van der Waals surface area (Å²) in [7, 11) is 0. The largest absolute Gasteiger partial charge is 0.396 e. The van der Waals surface area contributed by atoms with E-state index in [-0.39, 0.29) is 6.61 Å². The van der Waals surface area contributed by atoms with E-state index < -0.39 is 5.54 Å². The Morgan fingerprint density at radius 3 is 2.71 bits per heavy atom. The molecular formula is C9H14BrN3O. The SMILES string of the molecule is CC(C)(CO)Nc1c(N)cncc1Br. The van der Waals surface area contributed by atoms with Crippen LogP contribution in [-0.2, 0) is 0 Å². The predicted molar refractivity (Wildman–Crippen MR) is 61.1 cm³/mol. The number of pyridine rings is 1. The lowest BCUT2D eigenvalue weighted by Gasteiger charge is -2.26. The fourth-order valence-electron chi connectivity index (χ4n) is 0.960. The van der Waals surface area contributed by atoms with E-state index in [2.05, 4.69) is 26.2 Å². The molecule has 0 spiro atoms. The number of nitrogen functional groups attached to an aromatic ring is 1. The minimum atomic E-state index is -0.405. The molecule has 0 saturated carbocycles. The van der Waals surface area contributed by atoms with Crippen LogP contribution in [0.2, 0.25) is 0 Å². The summed E-state index contributed by atoms with van der Waals surface area (Å²) in [4.78, 5) is 3.93. The van der Waals surface area contributed by atoms with Crippen LogP contribution in [0.1, 0.15) is 13.8 Å². The Balaban J connectivity index is 2.97. The molecule has 4 N–H and O–H groups in total. The maximum absolute atomic E-state index is 9.10. The van der Waals surface area contributed by atoms with Gasteiger partial charge in [0.25, 0.3) is 0 Å². The minimum absolute atomic E-state index is 0.0290. The molecule has 0 aliphatic heterocycles. The van der Waals surface area contributed by atoms with Crippen LogP contribution in [0.15, 0.2) is 16.9 Å². The summed E-state index contributed by atoms with van der Waals surface area (Å²) in [5, 5.41) is 12.2. The highest BCUT2D eigenvalue weighted by Crippen LogP contribution is 2.29. The molecule has 0 fully saturated rings. The van der Waals surface area contributed by atoms with E-state index in [1.165, 1.54) is 0 Å². The van der Waals surface area contributed by atoms with Crippen molar-refractivity contribution < 1.29 is 5.11 Å². The highest BCUT2D eigenvalue weighted by atomic mass is 79.9. The number of nitrogens with one attached hydrogen (secondary N) is 1. The lowest BCUT2D eigenvalue weighted by molar-refractivity contribution is 0.234. The Bertz CT molecular complexity index is 308. The Morgan fingerprint density at radius 2 is 2.21 bits per heavy atom. The summed E-state index contributed by atoms with van der Waals surface area (Å²) in [5.74, 6) is 0. The summed E-state index contributed by atoms with van der Waals surface area (Å²) >= 11 is 3.34. The third-order valence-corrected chi connectivity index (χ3v) is 2.39. The van der Waals surface area contributed by atoms with Crippen LogP contribution >= 0.6 is 15.9 Å². The molecule has 0 saturated heterocycles. The Morgan fingerprint density at radius 1 is 1.57 bits per heavy atom. The van der Waals surface area contributed by atoms with Crippen molar-refractivity contribution in [2.24, 2.45) is 0 Å². The van der Waals surface area contributed by atoms with Crippen LogP contribution in [0.5, 0.6) is 0 Å². The zero-order valence-electron chi connectivity index (χ0n) is 8.21. The van der Waals surface area contributed by atoms with Gasteiger partial charge in [0.2, 0.25) is 0 Å². The van der Waals surface area contributed by atoms with Crippen LogP contribution in [-0.4, -0.2) is 22.2 Å². The third-order valence-electron chi connectivity index (χ3n) is 1.79. The molecule has 1 rings (SSSR count). The molecule has 0 aliphatic rings. The molecule has 1 aromatic rings. The smallest absolute Gasteiger partial charge is 0.0754 e. The maximum atomic E-state index is 9.10. The quantitative estimate of drug-likeness (QED) is 0.772. The Labute approximate surface area is 91.7 Å². The van der Waals surface area contributed by atoms with Gasteiger partial charge in [-0.2, -0.15) is 0 Å². The van der Waals surface area contributed by atoms with E-state index in [4.69, 9.17) is 10.8 Å². The minimum Gasteiger partial charge on any atom is -0.396 e. The van der Waals surface area contributed by atoms with Crippen molar-refractivity contribution in [1.29, 1.82) is 0 Å². The maximum Gasteiger partial charge on any atom is 0.0754 e. The third kappa shape index (κ3) is 2.59. The molecule has 0 unspecified atom stereocenters. The number of anilines is 2. The van der Waals surface area contributed by atoms with Crippen LogP contribution in [0.25, 0.3) is 0 Å². The van der Waals surface area contributed by atoms with Gasteiger partial charge in [0.05, 0.1) is 34.2 Å². The van der Waals surface area contributed by atoms with E-state index in [1.54, 1.807) is 12.4 Å². The Hall–Kier alpha value is -0.810. The zero-order valence-corrected chi connectivity index (χ0v) is 9.80. The summed E-state index contributed by atoms with van der Waals surface area (Å²) in [6.07, 6.45) is 3.23. The predicted octanol–water partition coefficient (Wildman–Crippen LogP) is 1.61. The molecule has 0 aromatic carbocycles.